The fraction of sp³-hybridized carbons (Fsp3) is 0.118. The van der Waals surface area contributed by atoms with Crippen molar-refractivity contribution in [1.29, 1.82) is 0 Å². The van der Waals surface area contributed by atoms with E-state index in [0.29, 0.717) is 14.5 Å². The highest BCUT2D eigenvalue weighted by molar-refractivity contribution is 9.10. The van der Waals surface area contributed by atoms with Gasteiger partial charge in [-0.05, 0) is 36.4 Å². The number of carbonyl (C=O) groups excluding carboxylic acids is 3. The number of ether oxygens (including phenoxy) is 1. The minimum atomic E-state index is -0.737. The second kappa shape index (κ2) is 7.05. The summed E-state index contributed by atoms with van der Waals surface area (Å²) >= 11 is 6.35. The van der Waals surface area contributed by atoms with E-state index in [1.54, 1.807) is 18.2 Å². The van der Waals surface area contributed by atoms with Crippen molar-refractivity contribution in [3.8, 4) is 5.75 Å². The normalized spacial score (nSPS) is 13.2. The number of nitrogens with zero attached hydrogens (tertiary/aromatic N) is 1. The molecular weight excluding hydrogens is 461 g/mol. The third-order valence-corrected chi connectivity index (χ3v) is 4.58. The first-order valence-electron chi connectivity index (χ1n) is 7.18. The summed E-state index contributed by atoms with van der Waals surface area (Å²) in [6.07, 6.45) is -0.234. The lowest BCUT2D eigenvalue weighted by Crippen LogP contribution is -2.32. The molecule has 1 heterocycles. The van der Waals surface area contributed by atoms with Gasteiger partial charge in [0.05, 0.1) is 17.5 Å². The Bertz CT molecular complexity index is 900. The number of benzene rings is 2. The van der Waals surface area contributed by atoms with E-state index >= 15 is 0 Å². The quantitative estimate of drug-likeness (QED) is 0.385. The first-order chi connectivity index (χ1) is 11.9. The molecule has 128 valence electrons. The molecule has 25 heavy (non-hydrogen) atoms. The van der Waals surface area contributed by atoms with Gasteiger partial charge in [-0.15, -0.1) is 0 Å². The monoisotopic (exact) mass is 469 g/mol. The van der Waals surface area contributed by atoms with Crippen molar-refractivity contribution in [3.05, 3.63) is 62.3 Å². The van der Waals surface area contributed by atoms with Crippen LogP contribution in [0, 0.1) is 5.82 Å². The van der Waals surface area contributed by atoms with E-state index in [4.69, 9.17) is 4.74 Å². The second-order valence-electron chi connectivity index (χ2n) is 5.25. The SMILES string of the molecule is O=C(CCN1C(=O)c2ccc(Br)cc2C1=O)Oc1ccc(Br)cc1F. The molecule has 0 saturated carbocycles. The standard InChI is InChI=1S/C17H10Br2FNO4/c18-9-1-3-11-12(7-9)17(24)21(16(11)23)6-5-15(22)25-14-4-2-10(19)8-13(14)20/h1-4,7-8H,5-6H2. The molecule has 1 aliphatic heterocycles. The molecule has 0 bridgehead atoms. The van der Waals surface area contributed by atoms with Gasteiger partial charge in [0, 0.05) is 15.5 Å². The zero-order chi connectivity index (χ0) is 18.1. The molecule has 0 N–H and O–H groups in total. The van der Waals surface area contributed by atoms with Gasteiger partial charge >= 0.3 is 5.97 Å². The first kappa shape index (κ1) is 17.8. The van der Waals surface area contributed by atoms with Crippen molar-refractivity contribution in [2.45, 2.75) is 6.42 Å². The molecule has 0 atom stereocenters. The summed E-state index contributed by atoms with van der Waals surface area (Å²) in [7, 11) is 0. The fourth-order valence-electron chi connectivity index (χ4n) is 2.40. The topological polar surface area (TPSA) is 63.7 Å². The van der Waals surface area contributed by atoms with E-state index in [1.807, 2.05) is 0 Å². The van der Waals surface area contributed by atoms with Crippen LogP contribution in [0.2, 0.25) is 0 Å². The Morgan fingerprint density at radius 2 is 1.64 bits per heavy atom. The third-order valence-electron chi connectivity index (χ3n) is 3.59. The van der Waals surface area contributed by atoms with Crippen molar-refractivity contribution >= 4 is 49.6 Å². The number of halogens is 3. The van der Waals surface area contributed by atoms with E-state index in [2.05, 4.69) is 31.9 Å². The first-order valence-corrected chi connectivity index (χ1v) is 8.77. The molecule has 0 radical (unpaired) electrons. The van der Waals surface area contributed by atoms with Gasteiger partial charge in [-0.1, -0.05) is 31.9 Å². The number of fused-ring (bicyclic) bond motifs is 1. The minimum absolute atomic E-state index is 0.138. The Labute approximate surface area is 159 Å². The highest BCUT2D eigenvalue weighted by Gasteiger charge is 2.35. The van der Waals surface area contributed by atoms with Gasteiger partial charge in [0.15, 0.2) is 11.6 Å². The maximum absolute atomic E-state index is 13.7. The van der Waals surface area contributed by atoms with E-state index in [-0.39, 0.29) is 24.3 Å². The molecule has 5 nitrogen and oxygen atoms in total. The molecule has 2 amide bonds. The highest BCUT2D eigenvalue weighted by Crippen LogP contribution is 2.26. The molecule has 0 aromatic heterocycles. The largest absolute Gasteiger partial charge is 0.423 e. The number of esters is 1. The summed E-state index contributed by atoms with van der Waals surface area (Å²) in [5.74, 6) is -2.56. The minimum Gasteiger partial charge on any atom is -0.423 e. The van der Waals surface area contributed by atoms with Gasteiger partial charge in [0.25, 0.3) is 11.8 Å². The van der Waals surface area contributed by atoms with Crippen LogP contribution < -0.4 is 4.74 Å². The van der Waals surface area contributed by atoms with Gasteiger partial charge in [-0.3, -0.25) is 19.3 Å². The summed E-state index contributed by atoms with van der Waals surface area (Å²) < 4.78 is 19.8. The van der Waals surface area contributed by atoms with Crippen molar-refractivity contribution < 1.29 is 23.5 Å². The Kier molecular flexibility index (Phi) is 5.01. The van der Waals surface area contributed by atoms with Crippen LogP contribution in [0.25, 0.3) is 0 Å². The van der Waals surface area contributed by atoms with Gasteiger partial charge < -0.3 is 4.74 Å². The molecule has 0 aliphatic carbocycles. The lowest BCUT2D eigenvalue weighted by molar-refractivity contribution is -0.134. The summed E-state index contributed by atoms with van der Waals surface area (Å²) in [4.78, 5) is 37.4. The lowest BCUT2D eigenvalue weighted by Gasteiger charge is -2.13. The van der Waals surface area contributed by atoms with Crippen LogP contribution in [0.4, 0.5) is 4.39 Å². The van der Waals surface area contributed by atoms with Gasteiger partial charge in [0.1, 0.15) is 0 Å². The number of amides is 2. The van der Waals surface area contributed by atoms with E-state index in [0.717, 1.165) is 4.90 Å². The number of hydrogen-bond donors (Lipinski definition) is 0. The van der Waals surface area contributed by atoms with Crippen LogP contribution >= 0.6 is 31.9 Å². The van der Waals surface area contributed by atoms with Crippen LogP contribution in [0.5, 0.6) is 5.75 Å². The van der Waals surface area contributed by atoms with Crippen molar-refractivity contribution in [3.63, 3.8) is 0 Å². The van der Waals surface area contributed by atoms with Crippen LogP contribution in [-0.2, 0) is 4.79 Å². The number of hydrogen-bond acceptors (Lipinski definition) is 4. The van der Waals surface area contributed by atoms with Crippen molar-refractivity contribution in [2.24, 2.45) is 0 Å². The number of carbonyl (C=O) groups is 3. The predicted molar refractivity (Wildman–Crippen MR) is 93.9 cm³/mol. The van der Waals surface area contributed by atoms with Gasteiger partial charge in [-0.2, -0.15) is 0 Å². The van der Waals surface area contributed by atoms with E-state index < -0.39 is 23.6 Å². The third kappa shape index (κ3) is 3.64. The number of rotatable bonds is 4. The molecule has 0 fully saturated rings. The van der Waals surface area contributed by atoms with Crippen LogP contribution in [0.3, 0.4) is 0 Å². The van der Waals surface area contributed by atoms with Gasteiger partial charge in [0.2, 0.25) is 0 Å². The molecular formula is C17H10Br2FNO4. The summed E-state index contributed by atoms with van der Waals surface area (Å²) in [5.41, 5.74) is 0.576. The second-order valence-corrected chi connectivity index (χ2v) is 7.08. The Hall–Kier alpha value is -2.06. The van der Waals surface area contributed by atoms with Crippen LogP contribution in [0.15, 0.2) is 45.3 Å². The molecule has 0 unspecified atom stereocenters. The highest BCUT2D eigenvalue weighted by atomic mass is 79.9. The molecule has 2 aromatic carbocycles. The Balaban J connectivity index is 1.65. The maximum atomic E-state index is 13.7. The molecule has 2 aromatic rings. The molecule has 1 aliphatic rings. The Morgan fingerprint density at radius 1 is 1.00 bits per heavy atom. The predicted octanol–water partition coefficient (Wildman–Crippen LogP) is 3.94. The summed E-state index contributed by atoms with van der Waals surface area (Å²) in [5, 5.41) is 0. The van der Waals surface area contributed by atoms with Crippen molar-refractivity contribution in [2.75, 3.05) is 6.54 Å². The zero-order valence-electron chi connectivity index (χ0n) is 12.6. The van der Waals surface area contributed by atoms with Crippen LogP contribution in [0.1, 0.15) is 27.1 Å². The lowest BCUT2D eigenvalue weighted by atomic mass is 10.1. The maximum Gasteiger partial charge on any atom is 0.313 e. The summed E-state index contributed by atoms with van der Waals surface area (Å²) in [6, 6.07) is 8.80. The molecule has 8 heteroatoms. The molecule has 3 rings (SSSR count). The van der Waals surface area contributed by atoms with Crippen molar-refractivity contribution in [1.82, 2.24) is 4.90 Å². The number of imide groups is 1. The fourth-order valence-corrected chi connectivity index (χ4v) is 3.09. The van der Waals surface area contributed by atoms with E-state index in [1.165, 1.54) is 18.2 Å². The van der Waals surface area contributed by atoms with Crippen LogP contribution in [-0.4, -0.2) is 29.2 Å². The molecule has 0 saturated heterocycles. The average molecular weight is 471 g/mol. The zero-order valence-corrected chi connectivity index (χ0v) is 15.8. The Morgan fingerprint density at radius 3 is 2.36 bits per heavy atom. The van der Waals surface area contributed by atoms with Gasteiger partial charge in [-0.25, -0.2) is 4.39 Å². The van der Waals surface area contributed by atoms with E-state index in [9.17, 15) is 18.8 Å². The average Bonchev–Trinajstić information content (AvgIpc) is 2.79. The molecule has 0 spiro atoms. The summed E-state index contributed by atoms with van der Waals surface area (Å²) in [6.45, 7) is -0.138. The smallest absolute Gasteiger partial charge is 0.313 e.